The Hall–Kier alpha value is -1.90. The van der Waals surface area contributed by atoms with Gasteiger partial charge in [-0.15, -0.1) is 0 Å². The van der Waals surface area contributed by atoms with Crippen molar-refractivity contribution in [1.29, 1.82) is 5.26 Å². The maximum Gasteiger partial charge on any atom is 0.234 e. The van der Waals surface area contributed by atoms with Crippen molar-refractivity contribution in [2.24, 2.45) is 11.1 Å². The van der Waals surface area contributed by atoms with Gasteiger partial charge < -0.3 is 15.4 Å². The molecule has 1 aliphatic heterocycles. The van der Waals surface area contributed by atoms with Crippen molar-refractivity contribution in [3.8, 4) is 6.07 Å². The van der Waals surface area contributed by atoms with E-state index in [9.17, 15) is 4.79 Å². The van der Waals surface area contributed by atoms with Crippen LogP contribution < -0.4 is 10.6 Å². The van der Waals surface area contributed by atoms with Gasteiger partial charge in [0.05, 0.1) is 17.0 Å². The third-order valence-electron chi connectivity index (χ3n) is 3.96. The number of benzene rings is 1. The van der Waals surface area contributed by atoms with E-state index in [1.54, 1.807) is 30.1 Å². The number of ether oxygens (including phenoxy) is 1. The van der Waals surface area contributed by atoms with Gasteiger partial charge in [-0.25, -0.2) is 0 Å². The fourth-order valence-electron chi connectivity index (χ4n) is 2.52. The van der Waals surface area contributed by atoms with Crippen molar-refractivity contribution in [2.75, 3.05) is 31.7 Å². The molecule has 0 bridgehead atoms. The van der Waals surface area contributed by atoms with Crippen molar-refractivity contribution in [2.45, 2.75) is 12.8 Å². The van der Waals surface area contributed by atoms with Crippen LogP contribution in [0.1, 0.15) is 18.4 Å². The Morgan fingerprint density at radius 2 is 2.20 bits per heavy atom. The van der Waals surface area contributed by atoms with Crippen LogP contribution in [0.4, 0.5) is 5.69 Å². The Morgan fingerprint density at radius 1 is 1.50 bits per heavy atom. The fraction of sp³-hybridized carbons (Fsp3) is 0.467. The van der Waals surface area contributed by atoms with Gasteiger partial charge in [0.15, 0.2) is 0 Å². The van der Waals surface area contributed by atoms with E-state index >= 15 is 0 Å². The van der Waals surface area contributed by atoms with Crippen LogP contribution in [0, 0.1) is 16.7 Å². The Kier molecular flexibility index (Phi) is 4.38. The minimum Gasteiger partial charge on any atom is -0.381 e. The molecule has 0 spiro atoms. The molecule has 5 heteroatoms. The van der Waals surface area contributed by atoms with Gasteiger partial charge in [-0.1, -0.05) is 6.07 Å². The highest BCUT2D eigenvalue weighted by atomic mass is 16.5. The number of carbonyl (C=O) groups is 1. The maximum absolute atomic E-state index is 12.8. The number of hydrogen-bond acceptors (Lipinski definition) is 4. The van der Waals surface area contributed by atoms with Crippen LogP contribution in [0.2, 0.25) is 0 Å². The first-order chi connectivity index (χ1) is 9.63. The lowest BCUT2D eigenvalue weighted by atomic mass is 9.79. The number of hydrogen-bond donors (Lipinski definition) is 1. The minimum absolute atomic E-state index is 0.00149. The van der Waals surface area contributed by atoms with Gasteiger partial charge in [-0.2, -0.15) is 5.26 Å². The van der Waals surface area contributed by atoms with E-state index in [4.69, 9.17) is 15.7 Å². The van der Waals surface area contributed by atoms with Gasteiger partial charge in [0.2, 0.25) is 5.91 Å². The third kappa shape index (κ3) is 2.67. The summed E-state index contributed by atoms with van der Waals surface area (Å²) in [6, 6.07) is 9.10. The van der Waals surface area contributed by atoms with E-state index in [1.165, 1.54) is 0 Å². The van der Waals surface area contributed by atoms with E-state index < -0.39 is 5.41 Å². The summed E-state index contributed by atoms with van der Waals surface area (Å²) in [6.45, 7) is 1.45. The predicted molar refractivity (Wildman–Crippen MR) is 76.1 cm³/mol. The highest BCUT2D eigenvalue weighted by Crippen LogP contribution is 2.33. The molecule has 106 valence electrons. The molecular formula is C15H19N3O2. The molecule has 20 heavy (non-hydrogen) atoms. The second-order valence-corrected chi connectivity index (χ2v) is 5.12. The average molecular weight is 273 g/mol. The van der Waals surface area contributed by atoms with Crippen LogP contribution in [0.25, 0.3) is 0 Å². The Bertz CT molecular complexity index is 530. The summed E-state index contributed by atoms with van der Waals surface area (Å²) in [4.78, 5) is 14.4. The van der Waals surface area contributed by atoms with Crippen molar-refractivity contribution < 1.29 is 9.53 Å². The number of nitrogens with two attached hydrogens (primary N) is 1. The van der Waals surface area contributed by atoms with Gasteiger partial charge in [0.25, 0.3) is 0 Å². The van der Waals surface area contributed by atoms with E-state index in [-0.39, 0.29) is 5.91 Å². The van der Waals surface area contributed by atoms with E-state index in [1.807, 2.05) is 6.07 Å². The van der Waals surface area contributed by atoms with Crippen molar-refractivity contribution in [3.05, 3.63) is 29.8 Å². The molecule has 1 fully saturated rings. The normalized spacial score (nSPS) is 17.2. The van der Waals surface area contributed by atoms with Gasteiger partial charge in [-0.3, -0.25) is 4.79 Å². The second-order valence-electron chi connectivity index (χ2n) is 5.12. The molecule has 0 unspecified atom stereocenters. The molecule has 1 aromatic rings. The molecule has 0 aliphatic carbocycles. The Morgan fingerprint density at radius 3 is 2.80 bits per heavy atom. The number of anilines is 1. The quantitative estimate of drug-likeness (QED) is 0.899. The summed E-state index contributed by atoms with van der Waals surface area (Å²) in [5.41, 5.74) is 6.56. The first kappa shape index (κ1) is 14.5. The molecule has 1 heterocycles. The molecule has 5 nitrogen and oxygen atoms in total. The molecular weight excluding hydrogens is 254 g/mol. The van der Waals surface area contributed by atoms with Crippen molar-refractivity contribution in [1.82, 2.24) is 0 Å². The lowest BCUT2D eigenvalue weighted by molar-refractivity contribution is -0.132. The third-order valence-corrected chi connectivity index (χ3v) is 3.96. The monoisotopic (exact) mass is 273 g/mol. The van der Waals surface area contributed by atoms with Crippen LogP contribution in [0.5, 0.6) is 0 Å². The van der Waals surface area contributed by atoms with Crippen LogP contribution >= 0.6 is 0 Å². The maximum atomic E-state index is 12.8. The molecule has 2 N–H and O–H groups in total. The van der Waals surface area contributed by atoms with E-state index in [2.05, 4.69) is 6.07 Å². The lowest BCUT2D eigenvalue weighted by Gasteiger charge is -2.37. The SMILES string of the molecule is CN(C(=O)C1(CN)CCOCC1)c1cccc(C#N)c1. The molecule has 1 amide bonds. The molecule has 0 aromatic heterocycles. The average Bonchev–Trinajstić information content (AvgIpc) is 2.54. The summed E-state index contributed by atoms with van der Waals surface area (Å²) in [5, 5.41) is 8.94. The lowest BCUT2D eigenvalue weighted by Crippen LogP contribution is -2.49. The smallest absolute Gasteiger partial charge is 0.234 e. The zero-order valence-electron chi connectivity index (χ0n) is 11.6. The molecule has 1 aliphatic rings. The number of nitriles is 1. The van der Waals surface area contributed by atoms with Gasteiger partial charge >= 0.3 is 0 Å². The van der Waals surface area contributed by atoms with Gasteiger partial charge in [0.1, 0.15) is 0 Å². The van der Waals surface area contributed by atoms with Crippen molar-refractivity contribution >= 4 is 11.6 Å². The number of rotatable bonds is 3. The largest absolute Gasteiger partial charge is 0.381 e. The minimum atomic E-state index is -0.546. The fourth-order valence-corrected chi connectivity index (χ4v) is 2.52. The first-order valence-corrected chi connectivity index (χ1v) is 6.69. The molecule has 2 rings (SSSR count). The zero-order chi connectivity index (χ0) is 14.6. The molecule has 1 aromatic carbocycles. The summed E-state index contributed by atoms with van der Waals surface area (Å²) < 4.78 is 5.33. The highest BCUT2D eigenvalue weighted by Gasteiger charge is 2.40. The molecule has 0 saturated carbocycles. The summed E-state index contributed by atoms with van der Waals surface area (Å²) in [7, 11) is 1.73. The van der Waals surface area contributed by atoms with E-state index in [0.29, 0.717) is 43.9 Å². The number of carbonyl (C=O) groups excluding carboxylic acids is 1. The van der Waals surface area contributed by atoms with Gasteiger partial charge in [-0.05, 0) is 31.0 Å². The van der Waals surface area contributed by atoms with Crippen LogP contribution in [0.3, 0.4) is 0 Å². The molecule has 1 saturated heterocycles. The highest BCUT2D eigenvalue weighted by molar-refractivity contribution is 5.97. The Balaban J connectivity index is 2.24. The summed E-state index contributed by atoms with van der Waals surface area (Å²) in [6.07, 6.45) is 1.29. The zero-order valence-corrected chi connectivity index (χ0v) is 11.6. The molecule has 0 radical (unpaired) electrons. The van der Waals surface area contributed by atoms with Crippen LogP contribution in [0.15, 0.2) is 24.3 Å². The standard InChI is InChI=1S/C15H19N3O2/c1-18(13-4-2-3-12(9-13)10-16)14(19)15(11-17)5-7-20-8-6-15/h2-4,9H,5-8,11,17H2,1H3. The topological polar surface area (TPSA) is 79.3 Å². The predicted octanol–water partition coefficient (Wildman–Crippen LogP) is 1.28. The van der Waals surface area contributed by atoms with E-state index in [0.717, 1.165) is 0 Å². The van der Waals surface area contributed by atoms with Crippen molar-refractivity contribution in [3.63, 3.8) is 0 Å². The van der Waals surface area contributed by atoms with Gasteiger partial charge in [0, 0.05) is 32.5 Å². The van der Waals surface area contributed by atoms with Crippen LogP contribution in [-0.4, -0.2) is 32.7 Å². The second kappa shape index (κ2) is 6.04. The Labute approximate surface area is 118 Å². The summed E-state index contributed by atoms with van der Waals surface area (Å²) >= 11 is 0. The summed E-state index contributed by atoms with van der Waals surface area (Å²) in [5.74, 6) is -0.00149. The number of amides is 1. The van der Waals surface area contributed by atoms with Crippen LogP contribution in [-0.2, 0) is 9.53 Å². The first-order valence-electron chi connectivity index (χ1n) is 6.69. The number of nitrogens with zero attached hydrogens (tertiary/aromatic N) is 2. The molecule has 0 atom stereocenters.